The number of hydrogen-bond acceptors (Lipinski definition) is 2. The molecule has 0 aliphatic carbocycles. The minimum atomic E-state index is -0.000218. The highest BCUT2D eigenvalue weighted by Crippen LogP contribution is 2.19. The van der Waals surface area contributed by atoms with E-state index in [-0.39, 0.29) is 5.91 Å². The molecule has 0 spiro atoms. The van der Waals surface area contributed by atoms with Crippen molar-refractivity contribution in [3.8, 4) is 0 Å². The average molecular weight is 290 g/mol. The minimum absolute atomic E-state index is 0.000218. The van der Waals surface area contributed by atoms with Gasteiger partial charge >= 0.3 is 0 Å². The Morgan fingerprint density at radius 3 is 2.57 bits per heavy atom. The average Bonchev–Trinajstić information content (AvgIpc) is 2.46. The zero-order valence-corrected chi connectivity index (χ0v) is 14.0. The van der Waals surface area contributed by atoms with Crippen molar-refractivity contribution in [2.24, 2.45) is 0 Å². The maximum Gasteiger partial charge on any atom is 0.251 e. The fraction of sp³-hybridized carbons (Fsp3) is 0.611. The van der Waals surface area contributed by atoms with Gasteiger partial charge in [-0.15, -0.1) is 0 Å². The van der Waals surface area contributed by atoms with Crippen molar-refractivity contribution in [3.63, 3.8) is 0 Å². The lowest BCUT2D eigenvalue weighted by Gasteiger charge is -2.17. The van der Waals surface area contributed by atoms with Crippen molar-refractivity contribution in [3.05, 3.63) is 29.3 Å². The molecular weight excluding hydrogens is 260 g/mol. The van der Waals surface area contributed by atoms with E-state index >= 15 is 0 Å². The number of benzene rings is 1. The lowest BCUT2D eigenvalue weighted by Crippen LogP contribution is -2.23. The van der Waals surface area contributed by atoms with Gasteiger partial charge in [0.15, 0.2) is 0 Å². The van der Waals surface area contributed by atoms with E-state index in [1.807, 2.05) is 25.1 Å². The molecule has 1 aromatic rings. The summed E-state index contributed by atoms with van der Waals surface area (Å²) in [7, 11) is 0. The van der Waals surface area contributed by atoms with Crippen molar-refractivity contribution in [2.45, 2.75) is 65.8 Å². The zero-order valence-electron chi connectivity index (χ0n) is 14.0. The van der Waals surface area contributed by atoms with E-state index in [4.69, 9.17) is 0 Å². The fourth-order valence-electron chi connectivity index (χ4n) is 2.44. The molecule has 0 heterocycles. The van der Waals surface area contributed by atoms with E-state index in [2.05, 4.69) is 31.4 Å². The molecule has 1 aromatic carbocycles. The van der Waals surface area contributed by atoms with E-state index < -0.39 is 0 Å². The van der Waals surface area contributed by atoms with Gasteiger partial charge in [-0.05, 0) is 51.0 Å². The van der Waals surface area contributed by atoms with Gasteiger partial charge in [0.25, 0.3) is 5.91 Å². The SMILES string of the molecule is CCCCCCC(C)Nc1ccc(C(=O)NCC)cc1C. The highest BCUT2D eigenvalue weighted by atomic mass is 16.1. The third-order valence-corrected chi connectivity index (χ3v) is 3.72. The normalized spacial score (nSPS) is 12.0. The van der Waals surface area contributed by atoms with Crippen molar-refractivity contribution in [1.29, 1.82) is 0 Å². The number of rotatable bonds is 9. The summed E-state index contributed by atoms with van der Waals surface area (Å²) in [6, 6.07) is 6.33. The summed E-state index contributed by atoms with van der Waals surface area (Å²) in [6.45, 7) is 9.10. The van der Waals surface area contributed by atoms with Crippen LogP contribution in [0.5, 0.6) is 0 Å². The third kappa shape index (κ3) is 6.19. The van der Waals surface area contributed by atoms with Crippen LogP contribution in [0.15, 0.2) is 18.2 Å². The van der Waals surface area contributed by atoms with Crippen LogP contribution in [-0.2, 0) is 0 Å². The Morgan fingerprint density at radius 1 is 1.19 bits per heavy atom. The number of aryl methyl sites for hydroxylation is 1. The first-order valence-corrected chi connectivity index (χ1v) is 8.23. The van der Waals surface area contributed by atoms with Crippen molar-refractivity contribution in [1.82, 2.24) is 5.32 Å². The second-order valence-electron chi connectivity index (χ2n) is 5.78. The van der Waals surface area contributed by atoms with E-state index in [0.717, 1.165) is 16.8 Å². The summed E-state index contributed by atoms with van der Waals surface area (Å²) < 4.78 is 0. The van der Waals surface area contributed by atoms with Crippen LogP contribution in [0.4, 0.5) is 5.69 Å². The Hall–Kier alpha value is -1.51. The Kier molecular flexibility index (Phi) is 7.88. The zero-order chi connectivity index (χ0) is 15.7. The number of anilines is 1. The third-order valence-electron chi connectivity index (χ3n) is 3.72. The highest BCUT2D eigenvalue weighted by Gasteiger charge is 2.08. The molecule has 1 atom stereocenters. The summed E-state index contributed by atoms with van der Waals surface area (Å²) in [5, 5.41) is 6.38. The Morgan fingerprint density at radius 2 is 1.95 bits per heavy atom. The molecule has 21 heavy (non-hydrogen) atoms. The Bertz CT molecular complexity index is 443. The first-order valence-electron chi connectivity index (χ1n) is 8.23. The molecule has 0 aromatic heterocycles. The van der Waals surface area contributed by atoms with Gasteiger partial charge in [-0.2, -0.15) is 0 Å². The number of unbranched alkanes of at least 4 members (excludes halogenated alkanes) is 3. The van der Waals surface area contributed by atoms with Crippen LogP contribution in [0.2, 0.25) is 0 Å². The quantitative estimate of drug-likeness (QED) is 0.657. The van der Waals surface area contributed by atoms with Crippen LogP contribution in [0.25, 0.3) is 0 Å². The molecule has 118 valence electrons. The topological polar surface area (TPSA) is 41.1 Å². The molecule has 3 nitrogen and oxygen atoms in total. The standard InChI is InChI=1S/C18H30N2O/c1-5-7-8-9-10-15(4)20-17-12-11-16(13-14(17)3)18(21)19-6-2/h11-13,15,20H,5-10H2,1-4H3,(H,19,21). The lowest BCUT2D eigenvalue weighted by molar-refractivity contribution is 0.0956. The van der Waals surface area contributed by atoms with E-state index in [1.165, 1.54) is 32.1 Å². The van der Waals surface area contributed by atoms with Crippen LogP contribution < -0.4 is 10.6 Å². The first kappa shape index (κ1) is 17.5. The maximum atomic E-state index is 11.8. The molecule has 1 amide bonds. The molecule has 0 radical (unpaired) electrons. The van der Waals surface area contributed by atoms with Crippen LogP contribution in [0, 0.1) is 6.92 Å². The largest absolute Gasteiger partial charge is 0.382 e. The molecule has 0 aliphatic heterocycles. The highest BCUT2D eigenvalue weighted by molar-refractivity contribution is 5.94. The Balaban J connectivity index is 2.54. The first-order chi connectivity index (χ1) is 10.1. The molecule has 0 bridgehead atoms. The number of amides is 1. The van der Waals surface area contributed by atoms with Gasteiger partial charge in [-0.3, -0.25) is 4.79 Å². The molecular formula is C18H30N2O. The van der Waals surface area contributed by atoms with E-state index in [1.54, 1.807) is 0 Å². The predicted octanol–water partition coefficient (Wildman–Crippen LogP) is 4.52. The van der Waals surface area contributed by atoms with Gasteiger partial charge in [-0.25, -0.2) is 0 Å². The van der Waals surface area contributed by atoms with Crippen molar-refractivity contribution >= 4 is 11.6 Å². The molecule has 0 saturated heterocycles. The second-order valence-corrected chi connectivity index (χ2v) is 5.78. The monoisotopic (exact) mass is 290 g/mol. The molecule has 3 heteroatoms. The summed E-state index contributed by atoms with van der Waals surface area (Å²) in [5.74, 6) is -0.000218. The number of carbonyl (C=O) groups is 1. The van der Waals surface area contributed by atoms with Crippen LogP contribution in [-0.4, -0.2) is 18.5 Å². The number of carbonyl (C=O) groups excluding carboxylic acids is 1. The van der Waals surface area contributed by atoms with Gasteiger partial charge in [0.2, 0.25) is 0 Å². The molecule has 0 aliphatic rings. The van der Waals surface area contributed by atoms with Crippen molar-refractivity contribution < 1.29 is 4.79 Å². The smallest absolute Gasteiger partial charge is 0.251 e. The van der Waals surface area contributed by atoms with Gasteiger partial charge in [0, 0.05) is 23.8 Å². The molecule has 0 saturated carbocycles. The summed E-state index contributed by atoms with van der Waals surface area (Å²) in [5.41, 5.74) is 2.99. The summed E-state index contributed by atoms with van der Waals surface area (Å²) in [4.78, 5) is 11.8. The van der Waals surface area contributed by atoms with Crippen LogP contribution >= 0.6 is 0 Å². The summed E-state index contributed by atoms with van der Waals surface area (Å²) >= 11 is 0. The van der Waals surface area contributed by atoms with Crippen LogP contribution in [0.3, 0.4) is 0 Å². The minimum Gasteiger partial charge on any atom is -0.382 e. The molecule has 1 unspecified atom stereocenters. The molecule has 1 rings (SSSR count). The molecule has 0 fully saturated rings. The van der Waals surface area contributed by atoms with E-state index in [9.17, 15) is 4.79 Å². The number of nitrogens with one attached hydrogen (secondary N) is 2. The predicted molar refractivity (Wildman–Crippen MR) is 91.0 cm³/mol. The van der Waals surface area contributed by atoms with E-state index in [0.29, 0.717) is 12.6 Å². The summed E-state index contributed by atoms with van der Waals surface area (Å²) in [6.07, 6.45) is 6.39. The van der Waals surface area contributed by atoms with Crippen molar-refractivity contribution in [2.75, 3.05) is 11.9 Å². The fourth-order valence-corrected chi connectivity index (χ4v) is 2.44. The van der Waals surface area contributed by atoms with Crippen LogP contribution in [0.1, 0.15) is 68.8 Å². The number of hydrogen-bond donors (Lipinski definition) is 2. The second kappa shape index (κ2) is 9.43. The lowest BCUT2D eigenvalue weighted by atomic mass is 10.1. The van der Waals surface area contributed by atoms with Gasteiger partial charge in [0.1, 0.15) is 0 Å². The Labute approximate surface area is 129 Å². The van der Waals surface area contributed by atoms with Gasteiger partial charge in [0.05, 0.1) is 0 Å². The molecule has 2 N–H and O–H groups in total. The van der Waals surface area contributed by atoms with Gasteiger partial charge in [-0.1, -0.05) is 32.6 Å². The maximum absolute atomic E-state index is 11.8. The van der Waals surface area contributed by atoms with Gasteiger partial charge < -0.3 is 10.6 Å².